The maximum absolute atomic E-state index is 11.9. The van der Waals surface area contributed by atoms with E-state index in [9.17, 15) is 9.90 Å². The first-order chi connectivity index (χ1) is 12.9. The highest BCUT2D eigenvalue weighted by Crippen LogP contribution is 2.28. The zero-order chi connectivity index (χ0) is 19.3. The number of nitrogens with zero attached hydrogens (tertiary/aromatic N) is 4. The summed E-state index contributed by atoms with van der Waals surface area (Å²) in [6.45, 7) is 5.90. The first-order valence-electron chi connectivity index (χ1n) is 8.73. The van der Waals surface area contributed by atoms with Gasteiger partial charge in [0.1, 0.15) is 6.61 Å². The summed E-state index contributed by atoms with van der Waals surface area (Å²) >= 11 is 0. The fraction of sp³-hybridized carbons (Fsp3) is 0.250. The van der Waals surface area contributed by atoms with Crippen LogP contribution in [0.25, 0.3) is 28.1 Å². The standard InChI is InChI=1S/C20H21N5O2/c1-11-7-12(2)18(13(3)8-11)25-19(22-17(10-26)23-25)14-5-6-15-16(9-14)24(4)20(27)21-15/h5-9,26H,10H2,1-4H3,(H,21,27). The fourth-order valence-electron chi connectivity index (χ4n) is 3.63. The summed E-state index contributed by atoms with van der Waals surface area (Å²) in [4.78, 5) is 19.2. The third kappa shape index (κ3) is 2.76. The van der Waals surface area contributed by atoms with Crippen LogP contribution >= 0.6 is 0 Å². The maximum Gasteiger partial charge on any atom is 0.326 e. The van der Waals surface area contributed by atoms with Crippen LogP contribution in [0.4, 0.5) is 0 Å². The summed E-state index contributed by atoms with van der Waals surface area (Å²) in [7, 11) is 1.73. The SMILES string of the molecule is Cc1cc(C)c(-n2nc(CO)nc2-c2ccc3[nH]c(=O)n(C)c3c2)c(C)c1. The average Bonchev–Trinajstić information content (AvgIpc) is 3.16. The molecule has 0 aliphatic rings. The van der Waals surface area contributed by atoms with E-state index >= 15 is 0 Å². The zero-order valence-electron chi connectivity index (χ0n) is 15.7. The van der Waals surface area contributed by atoms with E-state index in [0.717, 1.165) is 33.4 Å². The van der Waals surface area contributed by atoms with Crippen LogP contribution in [-0.4, -0.2) is 29.4 Å². The number of aliphatic hydroxyl groups excluding tert-OH is 1. The van der Waals surface area contributed by atoms with Crippen LogP contribution in [0, 0.1) is 20.8 Å². The van der Waals surface area contributed by atoms with Gasteiger partial charge >= 0.3 is 5.69 Å². The number of aliphatic hydroxyl groups is 1. The predicted molar refractivity (Wildman–Crippen MR) is 104 cm³/mol. The van der Waals surface area contributed by atoms with Gasteiger partial charge in [0.05, 0.1) is 16.7 Å². The Labute approximate surface area is 155 Å². The van der Waals surface area contributed by atoms with Gasteiger partial charge in [0, 0.05) is 12.6 Å². The quantitative estimate of drug-likeness (QED) is 0.585. The van der Waals surface area contributed by atoms with E-state index in [2.05, 4.69) is 34.1 Å². The molecular formula is C20H21N5O2. The van der Waals surface area contributed by atoms with Crippen molar-refractivity contribution in [2.24, 2.45) is 7.05 Å². The molecule has 0 fully saturated rings. The van der Waals surface area contributed by atoms with Gasteiger partial charge in [-0.25, -0.2) is 14.5 Å². The Morgan fingerprint density at radius 1 is 1.11 bits per heavy atom. The Kier molecular flexibility index (Phi) is 3.96. The molecular weight excluding hydrogens is 342 g/mol. The fourth-order valence-corrected chi connectivity index (χ4v) is 3.63. The number of nitrogens with one attached hydrogen (secondary N) is 1. The van der Waals surface area contributed by atoms with E-state index in [-0.39, 0.29) is 12.3 Å². The van der Waals surface area contributed by atoms with Gasteiger partial charge in [-0.2, -0.15) is 0 Å². The molecule has 0 saturated carbocycles. The number of aromatic nitrogens is 5. The third-order valence-electron chi connectivity index (χ3n) is 4.80. The number of benzene rings is 2. The minimum atomic E-state index is -0.241. The molecule has 2 heterocycles. The lowest BCUT2D eigenvalue weighted by atomic mass is 10.0. The van der Waals surface area contributed by atoms with Crippen molar-refractivity contribution in [2.45, 2.75) is 27.4 Å². The Hall–Kier alpha value is -3.19. The van der Waals surface area contributed by atoms with Gasteiger partial charge in [0.25, 0.3) is 0 Å². The topological polar surface area (TPSA) is 88.7 Å². The molecule has 0 bridgehead atoms. The van der Waals surface area contributed by atoms with E-state index in [4.69, 9.17) is 0 Å². The van der Waals surface area contributed by atoms with E-state index in [0.29, 0.717) is 11.6 Å². The molecule has 0 aliphatic heterocycles. The molecule has 0 amide bonds. The number of hydrogen-bond acceptors (Lipinski definition) is 4. The number of imidazole rings is 1. The van der Waals surface area contributed by atoms with Crippen LogP contribution in [0.5, 0.6) is 0 Å². The van der Waals surface area contributed by atoms with Crippen molar-refractivity contribution in [1.82, 2.24) is 24.3 Å². The Balaban J connectivity index is 1.99. The van der Waals surface area contributed by atoms with E-state index in [1.807, 2.05) is 32.0 Å². The predicted octanol–water partition coefficient (Wildman–Crippen LogP) is 2.53. The van der Waals surface area contributed by atoms with Gasteiger partial charge in [-0.15, -0.1) is 5.10 Å². The molecule has 138 valence electrons. The van der Waals surface area contributed by atoms with Gasteiger partial charge in [0.2, 0.25) is 0 Å². The first kappa shape index (κ1) is 17.2. The highest BCUT2D eigenvalue weighted by molar-refractivity contribution is 5.81. The van der Waals surface area contributed by atoms with Gasteiger partial charge in [0.15, 0.2) is 11.6 Å². The molecule has 0 atom stereocenters. The number of H-pyrrole nitrogens is 1. The van der Waals surface area contributed by atoms with Gasteiger partial charge in [-0.05, 0) is 50.1 Å². The lowest BCUT2D eigenvalue weighted by molar-refractivity contribution is 0.271. The van der Waals surface area contributed by atoms with Crippen molar-refractivity contribution < 1.29 is 5.11 Å². The second-order valence-electron chi connectivity index (χ2n) is 6.89. The Bertz CT molecular complexity index is 1210. The summed E-state index contributed by atoms with van der Waals surface area (Å²) in [5, 5.41) is 14.1. The highest BCUT2D eigenvalue weighted by Gasteiger charge is 2.18. The molecule has 27 heavy (non-hydrogen) atoms. The summed E-state index contributed by atoms with van der Waals surface area (Å²) in [5.74, 6) is 0.983. The second kappa shape index (κ2) is 6.21. The van der Waals surface area contributed by atoms with Crippen LogP contribution in [0.15, 0.2) is 35.1 Å². The van der Waals surface area contributed by atoms with E-state index in [1.165, 1.54) is 5.56 Å². The van der Waals surface area contributed by atoms with E-state index < -0.39 is 0 Å². The number of rotatable bonds is 3. The largest absolute Gasteiger partial charge is 0.388 e. The monoisotopic (exact) mass is 363 g/mol. The summed E-state index contributed by atoms with van der Waals surface area (Å²) in [6, 6.07) is 9.88. The minimum absolute atomic E-state index is 0.162. The molecule has 0 saturated heterocycles. The third-order valence-corrected chi connectivity index (χ3v) is 4.80. The van der Waals surface area contributed by atoms with Gasteiger partial charge < -0.3 is 10.1 Å². The van der Waals surface area contributed by atoms with Crippen molar-refractivity contribution >= 4 is 11.0 Å². The molecule has 0 spiro atoms. The molecule has 2 aromatic heterocycles. The van der Waals surface area contributed by atoms with Crippen LogP contribution < -0.4 is 5.69 Å². The molecule has 2 N–H and O–H groups in total. The highest BCUT2D eigenvalue weighted by atomic mass is 16.3. The van der Waals surface area contributed by atoms with Crippen LogP contribution in [0.3, 0.4) is 0 Å². The van der Waals surface area contributed by atoms with Crippen molar-refractivity contribution in [3.05, 3.63) is 63.3 Å². The smallest absolute Gasteiger partial charge is 0.326 e. The lowest BCUT2D eigenvalue weighted by Gasteiger charge is -2.13. The molecule has 7 heteroatoms. The molecule has 7 nitrogen and oxygen atoms in total. The van der Waals surface area contributed by atoms with Gasteiger partial charge in [-0.1, -0.05) is 17.7 Å². The number of fused-ring (bicyclic) bond motifs is 1. The van der Waals surface area contributed by atoms with Crippen LogP contribution in [0.1, 0.15) is 22.5 Å². The van der Waals surface area contributed by atoms with Crippen LogP contribution in [0.2, 0.25) is 0 Å². The first-order valence-corrected chi connectivity index (χ1v) is 8.73. The molecule has 4 rings (SSSR count). The second-order valence-corrected chi connectivity index (χ2v) is 6.89. The average molecular weight is 363 g/mol. The number of hydrogen-bond donors (Lipinski definition) is 2. The van der Waals surface area contributed by atoms with Crippen LogP contribution in [-0.2, 0) is 13.7 Å². The molecule has 0 radical (unpaired) electrons. The maximum atomic E-state index is 11.9. The van der Waals surface area contributed by atoms with Gasteiger partial charge in [-0.3, -0.25) is 4.57 Å². The summed E-state index contributed by atoms with van der Waals surface area (Å²) in [6.07, 6.45) is 0. The van der Waals surface area contributed by atoms with Crippen molar-refractivity contribution in [3.63, 3.8) is 0 Å². The molecule has 0 unspecified atom stereocenters. The van der Waals surface area contributed by atoms with E-state index in [1.54, 1.807) is 16.3 Å². The Morgan fingerprint density at radius 2 is 1.81 bits per heavy atom. The zero-order valence-corrected chi connectivity index (χ0v) is 15.7. The Morgan fingerprint density at radius 3 is 2.48 bits per heavy atom. The molecule has 0 aliphatic carbocycles. The molecule has 2 aromatic carbocycles. The summed E-state index contributed by atoms with van der Waals surface area (Å²) < 4.78 is 3.34. The minimum Gasteiger partial charge on any atom is -0.388 e. The number of aromatic amines is 1. The van der Waals surface area contributed by atoms with Crippen molar-refractivity contribution in [1.29, 1.82) is 0 Å². The normalized spacial score (nSPS) is 11.4. The molecule has 4 aromatic rings. The van der Waals surface area contributed by atoms with Crippen molar-refractivity contribution in [2.75, 3.05) is 0 Å². The number of aryl methyl sites for hydroxylation is 4. The van der Waals surface area contributed by atoms with Crippen molar-refractivity contribution in [3.8, 4) is 17.1 Å². The summed E-state index contributed by atoms with van der Waals surface area (Å²) in [5.41, 5.74) is 6.51. The lowest BCUT2D eigenvalue weighted by Crippen LogP contribution is -2.11.